The van der Waals surface area contributed by atoms with Gasteiger partial charge < -0.3 is 9.45 Å². The van der Waals surface area contributed by atoms with Crippen molar-refractivity contribution >= 4 is 16.4 Å². The Balaban J connectivity index is 0.00000144. The zero-order valence-electron chi connectivity index (χ0n) is 9.83. The minimum absolute atomic E-state index is 0. The number of nitrogens with zero attached hydrogens (tertiary/aromatic N) is 2. The average Bonchev–Trinajstić information content (AvgIpc) is 2.43. The fourth-order valence-electron chi connectivity index (χ4n) is 2.33. The summed E-state index contributed by atoms with van der Waals surface area (Å²) in [6.45, 7) is 2.40. The first-order valence-corrected chi connectivity index (χ1v) is 6.51. The van der Waals surface area contributed by atoms with Crippen LogP contribution in [0.3, 0.4) is 0 Å². The summed E-state index contributed by atoms with van der Waals surface area (Å²) in [5.74, 6) is 0. The van der Waals surface area contributed by atoms with Gasteiger partial charge in [0.05, 0.1) is 6.04 Å². The van der Waals surface area contributed by atoms with E-state index in [0.717, 1.165) is 12.8 Å². The van der Waals surface area contributed by atoms with E-state index >= 15 is 0 Å². The predicted molar refractivity (Wildman–Crippen MR) is 51.8 cm³/mol. The van der Waals surface area contributed by atoms with E-state index in [0.29, 0.717) is 18.0 Å². The molecule has 2 atom stereocenters. The van der Waals surface area contributed by atoms with Crippen LogP contribution < -0.4 is 29.6 Å². The van der Waals surface area contributed by atoms with Crippen molar-refractivity contribution in [2.24, 2.45) is 0 Å². The van der Waals surface area contributed by atoms with Crippen molar-refractivity contribution in [3.63, 3.8) is 0 Å². The molecule has 0 aromatic rings. The minimum atomic E-state index is -4.87. The van der Waals surface area contributed by atoms with Crippen LogP contribution in [-0.4, -0.2) is 47.6 Å². The van der Waals surface area contributed by atoms with Gasteiger partial charge in [-0.05, 0) is 19.3 Å². The molecule has 0 N–H and O–H groups in total. The van der Waals surface area contributed by atoms with Gasteiger partial charge in [0.2, 0.25) is 10.4 Å². The zero-order valence-corrected chi connectivity index (χ0v) is 12.6. The number of rotatable bonds is 3. The molecule has 0 unspecified atom stereocenters. The third-order valence-electron chi connectivity index (χ3n) is 3.09. The number of carbonyl (C=O) groups excluding carboxylic acids is 1. The van der Waals surface area contributed by atoms with Crippen molar-refractivity contribution in [2.45, 2.75) is 38.3 Å². The number of urea groups is 1. The first-order valence-electron chi connectivity index (χ1n) is 5.17. The number of hydrogen-bond donors (Lipinski definition) is 0. The Labute approximate surface area is 122 Å². The van der Waals surface area contributed by atoms with Gasteiger partial charge in [-0.25, -0.2) is 13.2 Å². The second-order valence-electron chi connectivity index (χ2n) is 4.04. The third kappa shape index (κ3) is 3.12. The third-order valence-corrected chi connectivity index (χ3v) is 3.43. The molecule has 7 nitrogen and oxygen atoms in total. The molecule has 2 heterocycles. The Bertz CT molecular complexity index is 401. The summed E-state index contributed by atoms with van der Waals surface area (Å²) < 4.78 is 35.6. The van der Waals surface area contributed by atoms with Crippen molar-refractivity contribution in [3.8, 4) is 0 Å². The maximum Gasteiger partial charge on any atom is 1.00 e. The fourth-order valence-corrected chi connectivity index (χ4v) is 2.71. The van der Waals surface area contributed by atoms with Crippen LogP contribution in [0.5, 0.6) is 0 Å². The molecule has 0 spiro atoms. The largest absolute Gasteiger partial charge is 1.00 e. The second kappa shape index (κ2) is 5.41. The fraction of sp³-hybridized carbons (Fsp3) is 0.875. The van der Waals surface area contributed by atoms with Crippen molar-refractivity contribution in [1.29, 1.82) is 0 Å². The molecule has 2 aliphatic heterocycles. The van der Waals surface area contributed by atoms with E-state index in [1.54, 1.807) is 4.90 Å². The molecule has 92 valence electrons. The van der Waals surface area contributed by atoms with E-state index < -0.39 is 16.4 Å². The summed E-state index contributed by atoms with van der Waals surface area (Å²) in [5, 5.41) is 0.706. The molecule has 2 rings (SSSR count). The summed E-state index contributed by atoms with van der Waals surface area (Å²) in [5.41, 5.74) is 0. The topological polar surface area (TPSA) is 90.0 Å². The maximum atomic E-state index is 11.8. The van der Waals surface area contributed by atoms with Crippen LogP contribution in [0, 0.1) is 0 Å². The van der Waals surface area contributed by atoms with Gasteiger partial charge in [0.1, 0.15) is 0 Å². The molecule has 2 saturated heterocycles. The molecular weight excluding hydrogens is 259 g/mol. The summed E-state index contributed by atoms with van der Waals surface area (Å²) in [7, 11) is -4.87. The van der Waals surface area contributed by atoms with Crippen LogP contribution in [-0.2, 0) is 14.7 Å². The van der Waals surface area contributed by atoms with E-state index in [4.69, 9.17) is 0 Å². The molecule has 0 radical (unpaired) electrons. The van der Waals surface area contributed by atoms with Gasteiger partial charge >= 0.3 is 35.6 Å². The van der Waals surface area contributed by atoms with Crippen molar-refractivity contribution in [1.82, 2.24) is 9.96 Å². The Morgan fingerprint density at radius 2 is 2.12 bits per heavy atom. The van der Waals surface area contributed by atoms with Crippen LogP contribution in [0.25, 0.3) is 0 Å². The molecule has 0 saturated carbocycles. The first kappa shape index (κ1) is 15.2. The second-order valence-corrected chi connectivity index (χ2v) is 5.00. The van der Waals surface area contributed by atoms with E-state index in [9.17, 15) is 17.8 Å². The summed E-state index contributed by atoms with van der Waals surface area (Å²) in [6, 6.07) is -0.723. The predicted octanol–water partition coefficient (Wildman–Crippen LogP) is -2.94. The monoisotopic (exact) mass is 272 g/mol. The molecular formula is C8H13N2NaO5S. The van der Waals surface area contributed by atoms with Gasteiger partial charge in [0.15, 0.2) is 0 Å². The molecule has 17 heavy (non-hydrogen) atoms. The van der Waals surface area contributed by atoms with Crippen molar-refractivity contribution in [3.05, 3.63) is 0 Å². The van der Waals surface area contributed by atoms with E-state index in [1.807, 2.05) is 6.92 Å². The number of carbonyl (C=O) groups is 1. The van der Waals surface area contributed by atoms with Gasteiger partial charge in [-0.2, -0.15) is 9.35 Å². The first-order chi connectivity index (χ1) is 7.42. The molecule has 2 aliphatic rings. The van der Waals surface area contributed by atoms with Crippen molar-refractivity contribution < 1.29 is 51.6 Å². The summed E-state index contributed by atoms with van der Waals surface area (Å²) >= 11 is 0. The summed E-state index contributed by atoms with van der Waals surface area (Å²) in [4.78, 5) is 13.3. The maximum absolute atomic E-state index is 11.8. The molecule has 0 aromatic carbocycles. The molecule has 0 aliphatic carbocycles. The van der Waals surface area contributed by atoms with E-state index in [1.165, 1.54) is 0 Å². The van der Waals surface area contributed by atoms with Gasteiger partial charge in [-0.1, -0.05) is 6.92 Å². The molecule has 0 aromatic heterocycles. The molecule has 2 bridgehead atoms. The number of fused-ring (bicyclic) bond motifs is 2. The Hall–Kier alpha value is 0.140. The van der Waals surface area contributed by atoms with E-state index in [-0.39, 0.29) is 41.6 Å². The quantitative estimate of drug-likeness (QED) is 0.311. The Morgan fingerprint density at radius 3 is 2.65 bits per heavy atom. The number of hydrogen-bond acceptors (Lipinski definition) is 5. The van der Waals surface area contributed by atoms with Crippen LogP contribution in [0.2, 0.25) is 0 Å². The van der Waals surface area contributed by atoms with Gasteiger partial charge in [0, 0.05) is 12.6 Å². The van der Waals surface area contributed by atoms with Gasteiger partial charge in [-0.15, -0.1) is 0 Å². The van der Waals surface area contributed by atoms with E-state index in [2.05, 4.69) is 4.28 Å². The number of hydroxylamine groups is 2. The Morgan fingerprint density at radius 1 is 1.47 bits per heavy atom. The van der Waals surface area contributed by atoms with Crippen molar-refractivity contribution in [2.75, 3.05) is 6.54 Å². The standard InChI is InChI=1S/C8H14N2O5S.Na/c1-2-6-3-4-7-5-9(6)8(11)10(7)15-16(12,13)14;/h6-7H,2-5H2,1H3,(H,12,13,14);/q;+1/p-1/t6-,7-;/m1./s1. The molecule has 9 heteroatoms. The number of amides is 2. The zero-order chi connectivity index (χ0) is 11.9. The van der Waals surface area contributed by atoms with Gasteiger partial charge in [0.25, 0.3) is 0 Å². The normalized spacial score (nSPS) is 28.2. The minimum Gasteiger partial charge on any atom is -0.724 e. The molecule has 2 fully saturated rings. The smallest absolute Gasteiger partial charge is 0.724 e. The van der Waals surface area contributed by atoms with Crippen LogP contribution in [0.4, 0.5) is 4.79 Å². The SMILES string of the molecule is CC[C@@H]1CC[C@@H]2CN1C(=O)N2OS(=O)(=O)[O-].[Na+]. The Kier molecular flexibility index (Phi) is 4.84. The van der Waals surface area contributed by atoms with Crippen LogP contribution in [0.15, 0.2) is 0 Å². The summed E-state index contributed by atoms with van der Waals surface area (Å²) in [6.07, 6.45) is 2.29. The number of piperidine rings is 1. The van der Waals surface area contributed by atoms with Gasteiger partial charge in [-0.3, -0.25) is 0 Å². The van der Waals surface area contributed by atoms with Crippen LogP contribution >= 0.6 is 0 Å². The van der Waals surface area contributed by atoms with Crippen LogP contribution in [0.1, 0.15) is 26.2 Å². The average molecular weight is 272 g/mol. The molecule has 2 amide bonds.